The summed E-state index contributed by atoms with van der Waals surface area (Å²) in [6.45, 7) is 3.95. The van der Waals surface area contributed by atoms with Gasteiger partial charge in [0.05, 0.1) is 0 Å². The fourth-order valence-electron chi connectivity index (χ4n) is 1.26. The van der Waals surface area contributed by atoms with Crippen LogP contribution < -0.4 is 11.1 Å². The first-order valence-corrected chi connectivity index (χ1v) is 5.47. The van der Waals surface area contributed by atoms with E-state index in [9.17, 15) is 4.79 Å². The summed E-state index contributed by atoms with van der Waals surface area (Å²) >= 11 is 0. The second-order valence-electron chi connectivity index (χ2n) is 3.85. The molecule has 0 spiro atoms. The molecule has 0 saturated carbocycles. The molecule has 1 aromatic rings. The zero-order valence-electron chi connectivity index (χ0n) is 9.97. The van der Waals surface area contributed by atoms with Crippen LogP contribution in [0.3, 0.4) is 0 Å². The van der Waals surface area contributed by atoms with Gasteiger partial charge >= 0.3 is 0 Å². The summed E-state index contributed by atoms with van der Waals surface area (Å²) in [5.74, 6) is -0.0932. The normalized spacial score (nSPS) is 13.2. The number of hydrogen-bond acceptors (Lipinski definition) is 3. The second kappa shape index (κ2) is 5.89. The number of rotatable bonds is 4. The van der Waals surface area contributed by atoms with Crippen molar-refractivity contribution in [2.75, 3.05) is 0 Å². The molecule has 0 aromatic heterocycles. The lowest BCUT2D eigenvalue weighted by molar-refractivity contribution is 0.0939. The Bertz CT molecular complexity index is 412. The number of amidine groups is 1. The maximum Gasteiger partial charge on any atom is 0.251 e. The van der Waals surface area contributed by atoms with Crippen LogP contribution in [-0.2, 0) is 0 Å². The smallest absolute Gasteiger partial charge is 0.251 e. The highest BCUT2D eigenvalue weighted by Crippen LogP contribution is 2.05. The lowest BCUT2D eigenvalue weighted by Crippen LogP contribution is -2.31. The molecule has 0 radical (unpaired) electrons. The van der Waals surface area contributed by atoms with Crippen molar-refractivity contribution < 1.29 is 10.0 Å². The number of benzene rings is 1. The third-order valence-electron chi connectivity index (χ3n) is 2.54. The standard InChI is InChI=1S/C12H17N3O2/c1-3-8(2)14-12(16)10-6-4-9(5-7-10)11(13)15-17/h4-8,17H,3H2,1-2H3,(H2,13,15)(H,14,16). The monoisotopic (exact) mass is 235 g/mol. The van der Waals surface area contributed by atoms with Gasteiger partial charge < -0.3 is 16.3 Å². The summed E-state index contributed by atoms with van der Waals surface area (Å²) in [6, 6.07) is 6.71. The van der Waals surface area contributed by atoms with Crippen molar-refractivity contribution in [2.45, 2.75) is 26.3 Å². The van der Waals surface area contributed by atoms with Crippen molar-refractivity contribution in [3.8, 4) is 0 Å². The number of carbonyl (C=O) groups is 1. The molecule has 1 aromatic carbocycles. The van der Waals surface area contributed by atoms with Crippen molar-refractivity contribution in [3.63, 3.8) is 0 Å². The fraction of sp³-hybridized carbons (Fsp3) is 0.333. The summed E-state index contributed by atoms with van der Waals surface area (Å²) in [5, 5.41) is 14.2. The molecule has 1 amide bonds. The Morgan fingerprint density at radius 1 is 1.41 bits per heavy atom. The summed E-state index contributed by atoms with van der Waals surface area (Å²) < 4.78 is 0. The first kappa shape index (κ1) is 13.0. The van der Waals surface area contributed by atoms with E-state index in [4.69, 9.17) is 10.9 Å². The summed E-state index contributed by atoms with van der Waals surface area (Å²) in [7, 11) is 0. The van der Waals surface area contributed by atoms with Crippen LogP contribution in [0.15, 0.2) is 29.4 Å². The van der Waals surface area contributed by atoms with Gasteiger partial charge in [0.25, 0.3) is 5.91 Å². The average molecular weight is 235 g/mol. The van der Waals surface area contributed by atoms with Gasteiger partial charge in [0.2, 0.25) is 0 Å². The Balaban J connectivity index is 2.77. The van der Waals surface area contributed by atoms with Gasteiger partial charge in [-0.3, -0.25) is 4.79 Å². The van der Waals surface area contributed by atoms with E-state index in [2.05, 4.69) is 10.5 Å². The van der Waals surface area contributed by atoms with Gasteiger partial charge in [-0.25, -0.2) is 0 Å². The van der Waals surface area contributed by atoms with Crippen LogP contribution in [0.2, 0.25) is 0 Å². The number of carbonyl (C=O) groups excluding carboxylic acids is 1. The molecule has 0 aliphatic rings. The summed E-state index contributed by atoms with van der Waals surface area (Å²) in [5.41, 5.74) is 6.55. The van der Waals surface area contributed by atoms with Gasteiger partial charge in [-0.05, 0) is 25.5 Å². The molecule has 1 unspecified atom stereocenters. The van der Waals surface area contributed by atoms with E-state index >= 15 is 0 Å². The topological polar surface area (TPSA) is 87.7 Å². The largest absolute Gasteiger partial charge is 0.409 e. The highest BCUT2D eigenvalue weighted by atomic mass is 16.4. The Labute approximate surface area is 100 Å². The number of nitrogens with zero attached hydrogens (tertiary/aromatic N) is 1. The minimum absolute atomic E-state index is 0.0267. The molecule has 4 N–H and O–H groups in total. The van der Waals surface area contributed by atoms with Crippen LogP contribution in [-0.4, -0.2) is 23.0 Å². The zero-order chi connectivity index (χ0) is 12.8. The minimum Gasteiger partial charge on any atom is -0.409 e. The Hall–Kier alpha value is -2.04. The van der Waals surface area contributed by atoms with E-state index in [-0.39, 0.29) is 17.8 Å². The predicted octanol–water partition coefficient (Wildman–Crippen LogP) is 1.31. The van der Waals surface area contributed by atoms with Crippen LogP contribution in [0.25, 0.3) is 0 Å². The van der Waals surface area contributed by atoms with Crippen LogP contribution >= 0.6 is 0 Å². The molecule has 0 aliphatic carbocycles. The molecule has 0 saturated heterocycles. The molecule has 17 heavy (non-hydrogen) atoms. The average Bonchev–Trinajstić information content (AvgIpc) is 2.37. The Kier molecular flexibility index (Phi) is 4.51. The Morgan fingerprint density at radius 2 is 1.94 bits per heavy atom. The van der Waals surface area contributed by atoms with Crippen molar-refractivity contribution in [3.05, 3.63) is 35.4 Å². The number of oxime groups is 1. The van der Waals surface area contributed by atoms with Gasteiger partial charge in [-0.2, -0.15) is 0 Å². The van der Waals surface area contributed by atoms with Gasteiger partial charge in [0.1, 0.15) is 0 Å². The Morgan fingerprint density at radius 3 is 2.41 bits per heavy atom. The van der Waals surface area contributed by atoms with Gasteiger partial charge in [0.15, 0.2) is 5.84 Å². The van der Waals surface area contributed by atoms with Crippen molar-refractivity contribution in [1.82, 2.24) is 5.32 Å². The summed E-state index contributed by atoms with van der Waals surface area (Å²) in [6.07, 6.45) is 0.883. The highest BCUT2D eigenvalue weighted by Gasteiger charge is 2.08. The molecule has 1 atom stereocenters. The second-order valence-corrected chi connectivity index (χ2v) is 3.85. The molecule has 0 aliphatic heterocycles. The first-order chi connectivity index (χ1) is 8.08. The predicted molar refractivity (Wildman–Crippen MR) is 66.2 cm³/mol. The van der Waals surface area contributed by atoms with Gasteiger partial charge in [-0.1, -0.05) is 24.2 Å². The van der Waals surface area contributed by atoms with Crippen LogP contribution in [0, 0.1) is 0 Å². The lowest BCUT2D eigenvalue weighted by atomic mass is 10.1. The SMILES string of the molecule is CCC(C)NC(=O)c1ccc(/C(N)=N/O)cc1. The van der Waals surface area contributed by atoms with E-state index < -0.39 is 0 Å². The van der Waals surface area contributed by atoms with Crippen LogP contribution in [0.1, 0.15) is 36.2 Å². The molecule has 1 rings (SSSR count). The van der Waals surface area contributed by atoms with Crippen molar-refractivity contribution in [1.29, 1.82) is 0 Å². The van der Waals surface area contributed by atoms with Gasteiger partial charge in [0, 0.05) is 17.2 Å². The molecule has 0 heterocycles. The van der Waals surface area contributed by atoms with E-state index in [0.717, 1.165) is 6.42 Å². The van der Waals surface area contributed by atoms with Crippen molar-refractivity contribution in [2.24, 2.45) is 10.9 Å². The molecule has 5 nitrogen and oxygen atoms in total. The number of hydrogen-bond donors (Lipinski definition) is 3. The van der Waals surface area contributed by atoms with Crippen molar-refractivity contribution >= 4 is 11.7 Å². The molecular weight excluding hydrogens is 218 g/mol. The van der Waals surface area contributed by atoms with E-state index in [0.29, 0.717) is 11.1 Å². The molecule has 5 heteroatoms. The molecular formula is C12H17N3O2. The maximum atomic E-state index is 11.7. The van der Waals surface area contributed by atoms with Gasteiger partial charge in [-0.15, -0.1) is 0 Å². The number of nitrogens with two attached hydrogens (primary N) is 1. The third kappa shape index (κ3) is 3.48. The zero-order valence-corrected chi connectivity index (χ0v) is 9.97. The first-order valence-electron chi connectivity index (χ1n) is 5.47. The fourth-order valence-corrected chi connectivity index (χ4v) is 1.26. The van der Waals surface area contributed by atoms with E-state index in [1.54, 1.807) is 24.3 Å². The minimum atomic E-state index is -0.120. The van der Waals surface area contributed by atoms with Crippen LogP contribution in [0.4, 0.5) is 0 Å². The lowest BCUT2D eigenvalue weighted by Gasteiger charge is -2.11. The van der Waals surface area contributed by atoms with E-state index in [1.807, 2.05) is 13.8 Å². The van der Waals surface area contributed by atoms with Crippen LogP contribution in [0.5, 0.6) is 0 Å². The third-order valence-corrected chi connectivity index (χ3v) is 2.54. The highest BCUT2D eigenvalue weighted by molar-refractivity contribution is 5.99. The quantitative estimate of drug-likeness (QED) is 0.318. The summed E-state index contributed by atoms with van der Waals surface area (Å²) in [4.78, 5) is 11.7. The maximum absolute atomic E-state index is 11.7. The molecule has 0 bridgehead atoms. The van der Waals surface area contributed by atoms with E-state index in [1.165, 1.54) is 0 Å². The molecule has 92 valence electrons. The number of nitrogens with one attached hydrogen (secondary N) is 1. The number of amides is 1. The molecule has 0 fully saturated rings.